The molecule has 0 bridgehead atoms. The summed E-state index contributed by atoms with van der Waals surface area (Å²) >= 11 is 0. The van der Waals surface area contributed by atoms with Gasteiger partial charge in [0.05, 0.1) is 0 Å². The van der Waals surface area contributed by atoms with E-state index in [9.17, 15) is 9.59 Å². The van der Waals surface area contributed by atoms with E-state index in [4.69, 9.17) is 15.2 Å². The van der Waals surface area contributed by atoms with Crippen molar-refractivity contribution < 1.29 is 19.1 Å². The second-order valence-corrected chi connectivity index (χ2v) is 3.96. The maximum Gasteiger partial charge on any atom is 0.407 e. The highest BCUT2D eigenvalue weighted by atomic mass is 16.6. The highest BCUT2D eigenvalue weighted by Gasteiger charge is 2.07. The number of ether oxygens (including phenoxy) is 2. The molecule has 0 aliphatic heterocycles. The molecule has 0 aliphatic rings. The van der Waals surface area contributed by atoms with Crippen LogP contribution in [0.5, 0.6) is 0 Å². The van der Waals surface area contributed by atoms with Gasteiger partial charge in [-0.25, -0.2) is 9.59 Å². The molecule has 2 amide bonds. The quantitative estimate of drug-likeness (QED) is 0.512. The lowest BCUT2D eigenvalue weighted by molar-refractivity contribution is 0.108. The molecule has 0 radical (unpaired) electrons. The van der Waals surface area contributed by atoms with E-state index in [1.165, 1.54) is 0 Å². The fraction of sp³-hybridized carbons (Fsp3) is 0.833. The van der Waals surface area contributed by atoms with E-state index >= 15 is 0 Å². The first kappa shape index (κ1) is 18.5. The Bertz CT molecular complexity index is 252. The van der Waals surface area contributed by atoms with Gasteiger partial charge < -0.3 is 25.8 Å². The van der Waals surface area contributed by atoms with Gasteiger partial charge in [0, 0.05) is 39.3 Å². The molecule has 0 saturated carbocycles. The zero-order valence-corrected chi connectivity index (χ0v) is 12.3. The van der Waals surface area contributed by atoms with Crippen LogP contribution in [0.4, 0.5) is 9.59 Å². The Balaban J connectivity index is 3.80. The first-order valence-corrected chi connectivity index (χ1v) is 6.87. The maximum absolute atomic E-state index is 11.1. The average molecular weight is 290 g/mol. The third kappa shape index (κ3) is 10.4. The van der Waals surface area contributed by atoms with E-state index in [0.717, 1.165) is 0 Å². The molecule has 0 fully saturated rings. The van der Waals surface area contributed by atoms with Crippen molar-refractivity contribution in [1.82, 2.24) is 15.5 Å². The average Bonchev–Trinajstić information content (AvgIpc) is 2.39. The number of nitrogens with one attached hydrogen (secondary N) is 2. The molecule has 0 aromatic rings. The second kappa shape index (κ2) is 12.5. The summed E-state index contributed by atoms with van der Waals surface area (Å²) in [5.41, 5.74) is 5.51. The Labute approximate surface area is 120 Å². The number of nitrogens with two attached hydrogens (primary N) is 1. The number of amides is 2. The zero-order valence-electron chi connectivity index (χ0n) is 12.3. The van der Waals surface area contributed by atoms with Gasteiger partial charge in [-0.3, -0.25) is 4.90 Å². The molecule has 4 N–H and O–H groups in total. The second-order valence-electron chi connectivity index (χ2n) is 3.96. The van der Waals surface area contributed by atoms with Crippen LogP contribution in [0, 0.1) is 0 Å². The largest absolute Gasteiger partial charge is 0.448 e. The van der Waals surface area contributed by atoms with Crippen LogP contribution in [-0.4, -0.2) is 69.6 Å². The first-order chi connectivity index (χ1) is 9.63. The van der Waals surface area contributed by atoms with Gasteiger partial charge in [0.1, 0.15) is 13.2 Å². The summed E-state index contributed by atoms with van der Waals surface area (Å²) in [5.74, 6) is 0. The van der Waals surface area contributed by atoms with Gasteiger partial charge >= 0.3 is 12.2 Å². The summed E-state index contributed by atoms with van der Waals surface area (Å²) in [6.45, 7) is 7.48. The highest BCUT2D eigenvalue weighted by Crippen LogP contribution is 1.90. The van der Waals surface area contributed by atoms with Crippen molar-refractivity contribution in [2.24, 2.45) is 5.73 Å². The molecule has 0 atom stereocenters. The minimum absolute atomic E-state index is 0.271. The topological polar surface area (TPSA) is 106 Å². The number of hydrogen-bond acceptors (Lipinski definition) is 6. The van der Waals surface area contributed by atoms with Crippen LogP contribution in [0.15, 0.2) is 0 Å². The van der Waals surface area contributed by atoms with Crippen molar-refractivity contribution in [3.63, 3.8) is 0 Å². The summed E-state index contributed by atoms with van der Waals surface area (Å²) in [5, 5.41) is 5.08. The number of hydrogen-bond donors (Lipinski definition) is 3. The van der Waals surface area contributed by atoms with Gasteiger partial charge in [-0.15, -0.1) is 0 Å². The molecular weight excluding hydrogens is 264 g/mol. The minimum Gasteiger partial charge on any atom is -0.448 e. The van der Waals surface area contributed by atoms with Crippen molar-refractivity contribution in [2.75, 3.05) is 52.5 Å². The SMILES string of the molecule is CCNC(=O)OCCN(CCN)CCOC(=O)NCC. The molecule has 0 aliphatic carbocycles. The van der Waals surface area contributed by atoms with Crippen LogP contribution >= 0.6 is 0 Å². The standard InChI is InChI=1S/C12H26N4O4/c1-3-14-11(17)19-9-7-16(6-5-13)8-10-20-12(18)15-4-2/h3-10,13H2,1-2H3,(H,14,17)(H,15,18). The molecule has 0 unspecified atom stereocenters. The summed E-state index contributed by atoms with van der Waals surface area (Å²) in [6, 6.07) is 0. The Morgan fingerprint density at radius 1 is 0.950 bits per heavy atom. The molecule has 0 saturated heterocycles. The summed E-state index contributed by atoms with van der Waals surface area (Å²) in [7, 11) is 0. The monoisotopic (exact) mass is 290 g/mol. The molecule has 8 heteroatoms. The van der Waals surface area contributed by atoms with Gasteiger partial charge in [-0.05, 0) is 13.8 Å². The zero-order chi connectivity index (χ0) is 15.2. The van der Waals surface area contributed by atoms with Crippen LogP contribution < -0.4 is 16.4 Å². The number of nitrogens with zero attached hydrogens (tertiary/aromatic N) is 1. The Kier molecular flexibility index (Phi) is 11.5. The third-order valence-electron chi connectivity index (χ3n) is 2.37. The van der Waals surface area contributed by atoms with Crippen molar-refractivity contribution >= 4 is 12.2 Å². The van der Waals surface area contributed by atoms with E-state index in [-0.39, 0.29) is 13.2 Å². The van der Waals surface area contributed by atoms with Crippen molar-refractivity contribution in [3.8, 4) is 0 Å². The smallest absolute Gasteiger partial charge is 0.407 e. The predicted molar refractivity (Wildman–Crippen MR) is 75.5 cm³/mol. The lowest BCUT2D eigenvalue weighted by Crippen LogP contribution is -2.37. The molecular formula is C12H26N4O4. The third-order valence-corrected chi connectivity index (χ3v) is 2.37. The molecule has 20 heavy (non-hydrogen) atoms. The molecule has 0 heterocycles. The van der Waals surface area contributed by atoms with Crippen molar-refractivity contribution in [1.29, 1.82) is 0 Å². The van der Waals surface area contributed by atoms with Gasteiger partial charge in [-0.2, -0.15) is 0 Å². The van der Waals surface area contributed by atoms with Crippen LogP contribution in [0.2, 0.25) is 0 Å². The van der Waals surface area contributed by atoms with Crippen molar-refractivity contribution in [2.45, 2.75) is 13.8 Å². The van der Waals surface area contributed by atoms with Crippen LogP contribution in [0.25, 0.3) is 0 Å². The lowest BCUT2D eigenvalue weighted by Gasteiger charge is -2.21. The fourth-order valence-electron chi connectivity index (χ4n) is 1.44. The Morgan fingerprint density at radius 2 is 1.40 bits per heavy atom. The molecule has 118 valence electrons. The summed E-state index contributed by atoms with van der Waals surface area (Å²) in [4.78, 5) is 24.2. The number of alkyl carbamates (subject to hydrolysis) is 2. The maximum atomic E-state index is 11.1. The lowest BCUT2D eigenvalue weighted by atomic mass is 10.4. The molecule has 0 aromatic heterocycles. The van der Waals surface area contributed by atoms with Gasteiger partial charge in [0.2, 0.25) is 0 Å². The Morgan fingerprint density at radius 3 is 1.75 bits per heavy atom. The molecule has 0 aromatic carbocycles. The van der Waals surface area contributed by atoms with Crippen LogP contribution in [0.1, 0.15) is 13.8 Å². The number of carbonyl (C=O) groups excluding carboxylic acids is 2. The molecule has 8 nitrogen and oxygen atoms in total. The molecule has 0 spiro atoms. The van der Waals surface area contributed by atoms with E-state index in [2.05, 4.69) is 10.6 Å². The van der Waals surface area contributed by atoms with E-state index in [1.54, 1.807) is 0 Å². The van der Waals surface area contributed by atoms with E-state index < -0.39 is 12.2 Å². The number of carbonyl (C=O) groups is 2. The normalized spacial score (nSPS) is 10.2. The highest BCUT2D eigenvalue weighted by molar-refractivity contribution is 5.67. The van der Waals surface area contributed by atoms with Gasteiger partial charge in [0.15, 0.2) is 0 Å². The minimum atomic E-state index is -0.432. The van der Waals surface area contributed by atoms with Gasteiger partial charge in [0.25, 0.3) is 0 Å². The van der Waals surface area contributed by atoms with E-state index in [0.29, 0.717) is 39.3 Å². The van der Waals surface area contributed by atoms with E-state index in [1.807, 2.05) is 18.7 Å². The number of rotatable bonds is 10. The first-order valence-electron chi connectivity index (χ1n) is 6.87. The van der Waals surface area contributed by atoms with Crippen molar-refractivity contribution in [3.05, 3.63) is 0 Å². The molecule has 0 rings (SSSR count). The summed E-state index contributed by atoms with van der Waals surface area (Å²) < 4.78 is 9.95. The fourth-order valence-corrected chi connectivity index (χ4v) is 1.44. The van der Waals surface area contributed by atoms with Crippen LogP contribution in [-0.2, 0) is 9.47 Å². The predicted octanol–water partition coefficient (Wildman–Crippen LogP) is -0.261. The Hall–Kier alpha value is -1.54. The summed E-state index contributed by atoms with van der Waals surface area (Å²) in [6.07, 6.45) is -0.863. The van der Waals surface area contributed by atoms with Crippen LogP contribution in [0.3, 0.4) is 0 Å². The van der Waals surface area contributed by atoms with Gasteiger partial charge in [-0.1, -0.05) is 0 Å².